The molecule has 1 amide bonds. The van der Waals surface area contributed by atoms with E-state index in [1.54, 1.807) is 24.0 Å². The van der Waals surface area contributed by atoms with E-state index in [2.05, 4.69) is 20.9 Å². The number of pyridine rings is 1. The number of aromatic nitrogens is 1. The summed E-state index contributed by atoms with van der Waals surface area (Å²) in [5, 5.41) is 0. The van der Waals surface area contributed by atoms with E-state index in [-0.39, 0.29) is 5.91 Å². The highest BCUT2D eigenvalue weighted by Gasteiger charge is 2.32. The molecule has 108 valence electrons. The van der Waals surface area contributed by atoms with Crippen LogP contribution in [0.3, 0.4) is 0 Å². The maximum absolute atomic E-state index is 12.4. The first kappa shape index (κ1) is 13.9. The van der Waals surface area contributed by atoms with Crippen molar-refractivity contribution in [2.24, 2.45) is 0 Å². The molecule has 1 aliphatic heterocycles. The standard InChI is InChI=1S/C15H14BrN3O2/c1-9-15(20)19(8-10-2-4-11(16)5-3-10)14-12(21-9)6-7-13(17)18-14/h2-7,9H,8H2,1H3,(H2,17,18). The van der Waals surface area contributed by atoms with E-state index in [0.29, 0.717) is 23.9 Å². The monoisotopic (exact) mass is 347 g/mol. The van der Waals surface area contributed by atoms with Crippen LogP contribution >= 0.6 is 15.9 Å². The van der Waals surface area contributed by atoms with Gasteiger partial charge in [-0.05, 0) is 36.8 Å². The summed E-state index contributed by atoms with van der Waals surface area (Å²) in [7, 11) is 0. The molecule has 0 spiro atoms. The summed E-state index contributed by atoms with van der Waals surface area (Å²) in [4.78, 5) is 18.2. The van der Waals surface area contributed by atoms with Crippen LogP contribution in [0.2, 0.25) is 0 Å². The number of rotatable bonds is 2. The number of hydrogen-bond donors (Lipinski definition) is 1. The molecule has 0 aliphatic carbocycles. The van der Waals surface area contributed by atoms with Crippen molar-refractivity contribution < 1.29 is 9.53 Å². The van der Waals surface area contributed by atoms with Gasteiger partial charge in [-0.15, -0.1) is 0 Å². The van der Waals surface area contributed by atoms with Gasteiger partial charge in [0.1, 0.15) is 5.82 Å². The van der Waals surface area contributed by atoms with Gasteiger partial charge in [0.2, 0.25) is 0 Å². The van der Waals surface area contributed by atoms with Gasteiger partial charge in [0, 0.05) is 4.47 Å². The predicted octanol–water partition coefficient (Wildman–Crippen LogP) is 2.74. The number of hydrogen-bond acceptors (Lipinski definition) is 4. The fourth-order valence-electron chi connectivity index (χ4n) is 2.23. The van der Waals surface area contributed by atoms with Crippen LogP contribution in [0, 0.1) is 0 Å². The molecule has 6 heteroatoms. The molecule has 0 radical (unpaired) electrons. The summed E-state index contributed by atoms with van der Waals surface area (Å²) < 4.78 is 6.57. The van der Waals surface area contributed by atoms with Crippen LogP contribution in [0.5, 0.6) is 5.75 Å². The van der Waals surface area contributed by atoms with Gasteiger partial charge < -0.3 is 10.5 Å². The van der Waals surface area contributed by atoms with Crippen molar-refractivity contribution in [2.45, 2.75) is 19.6 Å². The third-order valence-corrected chi connectivity index (χ3v) is 3.82. The van der Waals surface area contributed by atoms with Crippen LogP contribution in [0.25, 0.3) is 0 Å². The molecule has 0 saturated carbocycles. The molecule has 1 atom stereocenters. The van der Waals surface area contributed by atoms with Gasteiger partial charge in [-0.3, -0.25) is 9.69 Å². The third kappa shape index (κ3) is 2.71. The second-order valence-corrected chi connectivity index (χ2v) is 5.78. The Labute approximate surface area is 130 Å². The maximum atomic E-state index is 12.4. The molecule has 2 heterocycles. The van der Waals surface area contributed by atoms with E-state index in [9.17, 15) is 4.79 Å². The van der Waals surface area contributed by atoms with Crippen LogP contribution in [0.15, 0.2) is 40.9 Å². The Morgan fingerprint density at radius 3 is 2.71 bits per heavy atom. The van der Waals surface area contributed by atoms with Gasteiger partial charge in [-0.2, -0.15) is 0 Å². The van der Waals surface area contributed by atoms with Gasteiger partial charge in [0.15, 0.2) is 17.7 Å². The normalized spacial score (nSPS) is 17.3. The van der Waals surface area contributed by atoms with Crippen LogP contribution in [-0.2, 0) is 11.3 Å². The van der Waals surface area contributed by atoms with Gasteiger partial charge >= 0.3 is 0 Å². The van der Waals surface area contributed by atoms with Gasteiger partial charge in [-0.1, -0.05) is 28.1 Å². The number of halogens is 1. The lowest BCUT2D eigenvalue weighted by Crippen LogP contribution is -2.44. The summed E-state index contributed by atoms with van der Waals surface area (Å²) in [5.41, 5.74) is 6.74. The van der Waals surface area contributed by atoms with Crippen LogP contribution < -0.4 is 15.4 Å². The molecule has 21 heavy (non-hydrogen) atoms. The Morgan fingerprint density at radius 1 is 1.29 bits per heavy atom. The smallest absolute Gasteiger partial charge is 0.269 e. The van der Waals surface area contributed by atoms with Crippen molar-refractivity contribution in [3.8, 4) is 5.75 Å². The molecule has 2 N–H and O–H groups in total. The molecular formula is C15H14BrN3O2. The number of fused-ring (bicyclic) bond motifs is 1. The molecule has 1 aromatic heterocycles. The van der Waals surface area contributed by atoms with Gasteiger partial charge in [0.05, 0.1) is 6.54 Å². The predicted molar refractivity (Wildman–Crippen MR) is 84.1 cm³/mol. The number of nitrogen functional groups attached to an aromatic ring is 1. The summed E-state index contributed by atoms with van der Waals surface area (Å²) in [6, 6.07) is 11.2. The Bertz CT molecular complexity index is 688. The number of amides is 1. The van der Waals surface area contributed by atoms with Crippen LogP contribution in [-0.4, -0.2) is 17.0 Å². The van der Waals surface area contributed by atoms with Crippen LogP contribution in [0.1, 0.15) is 12.5 Å². The van der Waals surface area contributed by atoms with Crippen LogP contribution in [0.4, 0.5) is 11.6 Å². The average molecular weight is 348 g/mol. The highest BCUT2D eigenvalue weighted by Crippen LogP contribution is 2.34. The summed E-state index contributed by atoms with van der Waals surface area (Å²) in [6.45, 7) is 2.17. The number of nitrogens with two attached hydrogens (primary N) is 1. The largest absolute Gasteiger partial charge is 0.477 e. The average Bonchev–Trinajstić information content (AvgIpc) is 2.47. The Balaban J connectivity index is 1.98. The molecule has 1 aromatic carbocycles. The van der Waals surface area contributed by atoms with Gasteiger partial charge in [0.25, 0.3) is 5.91 Å². The van der Waals surface area contributed by atoms with Gasteiger partial charge in [-0.25, -0.2) is 4.98 Å². The molecule has 5 nitrogen and oxygen atoms in total. The molecule has 2 aromatic rings. The number of carbonyl (C=O) groups excluding carboxylic acids is 1. The molecular weight excluding hydrogens is 334 g/mol. The number of benzene rings is 1. The lowest BCUT2D eigenvalue weighted by molar-refractivity contribution is -0.125. The SMILES string of the molecule is CC1Oc2ccc(N)nc2N(Cc2ccc(Br)cc2)C1=O. The molecule has 0 bridgehead atoms. The van der Waals surface area contributed by atoms with Crippen molar-refractivity contribution in [1.29, 1.82) is 0 Å². The Morgan fingerprint density at radius 2 is 2.00 bits per heavy atom. The van der Waals surface area contributed by atoms with Crippen molar-refractivity contribution in [3.63, 3.8) is 0 Å². The first-order chi connectivity index (χ1) is 10.0. The maximum Gasteiger partial charge on any atom is 0.269 e. The zero-order chi connectivity index (χ0) is 15.0. The number of ether oxygens (including phenoxy) is 1. The number of anilines is 2. The van der Waals surface area contributed by atoms with E-state index in [0.717, 1.165) is 10.0 Å². The molecule has 1 aliphatic rings. The van der Waals surface area contributed by atoms with E-state index in [1.807, 2.05) is 24.3 Å². The lowest BCUT2D eigenvalue weighted by atomic mass is 10.1. The topological polar surface area (TPSA) is 68.5 Å². The Kier molecular flexibility index (Phi) is 3.55. The van der Waals surface area contributed by atoms with E-state index in [4.69, 9.17) is 10.5 Å². The first-order valence-electron chi connectivity index (χ1n) is 6.53. The second-order valence-electron chi connectivity index (χ2n) is 4.87. The zero-order valence-corrected chi connectivity index (χ0v) is 13.0. The van der Waals surface area contributed by atoms with E-state index in [1.165, 1.54) is 0 Å². The number of carbonyl (C=O) groups is 1. The molecule has 0 fully saturated rings. The highest BCUT2D eigenvalue weighted by molar-refractivity contribution is 9.10. The van der Waals surface area contributed by atoms with Crippen molar-refractivity contribution >= 4 is 33.5 Å². The summed E-state index contributed by atoms with van der Waals surface area (Å²) in [5.74, 6) is 1.29. The molecule has 1 unspecified atom stereocenters. The summed E-state index contributed by atoms with van der Waals surface area (Å²) in [6.07, 6.45) is -0.529. The van der Waals surface area contributed by atoms with E-state index >= 15 is 0 Å². The van der Waals surface area contributed by atoms with E-state index < -0.39 is 6.10 Å². The number of nitrogens with zero attached hydrogens (tertiary/aromatic N) is 2. The minimum atomic E-state index is -0.529. The molecule has 3 rings (SSSR count). The third-order valence-electron chi connectivity index (χ3n) is 3.29. The minimum absolute atomic E-state index is 0.122. The fourth-order valence-corrected chi connectivity index (χ4v) is 2.49. The second kappa shape index (κ2) is 5.37. The summed E-state index contributed by atoms with van der Waals surface area (Å²) >= 11 is 3.40. The lowest BCUT2D eigenvalue weighted by Gasteiger charge is -2.32. The van der Waals surface area contributed by atoms with Crippen molar-refractivity contribution in [2.75, 3.05) is 10.6 Å². The molecule has 0 saturated heterocycles. The quantitative estimate of drug-likeness (QED) is 0.906. The highest BCUT2D eigenvalue weighted by atomic mass is 79.9. The minimum Gasteiger partial charge on any atom is -0.477 e. The Hall–Kier alpha value is -2.08. The zero-order valence-electron chi connectivity index (χ0n) is 11.4. The first-order valence-corrected chi connectivity index (χ1v) is 7.33. The fraction of sp³-hybridized carbons (Fsp3) is 0.200. The van der Waals surface area contributed by atoms with Crippen molar-refractivity contribution in [1.82, 2.24) is 4.98 Å². The van der Waals surface area contributed by atoms with Crippen molar-refractivity contribution in [3.05, 3.63) is 46.4 Å².